The molecule has 1 aliphatic heterocycles. The van der Waals surface area contributed by atoms with E-state index in [1.807, 2.05) is 29.8 Å². The first-order valence-electron chi connectivity index (χ1n) is 8.53. The summed E-state index contributed by atoms with van der Waals surface area (Å²) in [7, 11) is 0. The Morgan fingerprint density at radius 3 is 2.88 bits per heavy atom. The number of halogens is 1. The van der Waals surface area contributed by atoms with Crippen LogP contribution in [0.4, 0.5) is 5.82 Å². The van der Waals surface area contributed by atoms with Crippen molar-refractivity contribution in [2.75, 3.05) is 24.6 Å². The number of fused-ring (bicyclic) bond motifs is 1. The molecule has 1 fully saturated rings. The molecule has 3 aromatic rings. The van der Waals surface area contributed by atoms with Crippen molar-refractivity contribution in [1.29, 1.82) is 0 Å². The topological polar surface area (TPSA) is 43.2 Å². The van der Waals surface area contributed by atoms with Gasteiger partial charge in [0.2, 0.25) is 0 Å². The average molecular weight is 357 g/mol. The molecular formula is C19H21ClN4O. The van der Waals surface area contributed by atoms with Crippen molar-refractivity contribution >= 4 is 28.2 Å². The van der Waals surface area contributed by atoms with E-state index in [0.717, 1.165) is 47.6 Å². The third-order valence-electron chi connectivity index (χ3n) is 4.62. The fourth-order valence-electron chi connectivity index (χ4n) is 3.40. The fourth-order valence-corrected chi connectivity index (χ4v) is 3.65. The maximum atomic E-state index is 6.39. The van der Waals surface area contributed by atoms with E-state index >= 15 is 0 Å². The standard InChI is InChI=1S/C19H21ClN4O/c1-13-9-14(2)24(22-13)12-16-11-23(7-8-25-16)18-10-15-5-3-4-6-17(15)19(20)21-18/h3-6,9-10,16H,7-8,11-12H2,1-2H3. The van der Waals surface area contributed by atoms with Crippen LogP contribution in [0.2, 0.25) is 5.15 Å². The molecule has 2 aromatic heterocycles. The molecule has 1 aromatic carbocycles. The number of pyridine rings is 1. The first-order chi connectivity index (χ1) is 12.1. The highest BCUT2D eigenvalue weighted by Crippen LogP contribution is 2.27. The van der Waals surface area contributed by atoms with E-state index in [9.17, 15) is 0 Å². The monoisotopic (exact) mass is 356 g/mol. The third-order valence-corrected chi connectivity index (χ3v) is 4.91. The number of hydrogen-bond acceptors (Lipinski definition) is 4. The van der Waals surface area contributed by atoms with Crippen LogP contribution in [0.1, 0.15) is 11.4 Å². The summed E-state index contributed by atoms with van der Waals surface area (Å²) in [5.41, 5.74) is 2.19. The SMILES string of the molecule is Cc1cc(C)n(CC2CN(c3cc4ccccc4c(Cl)n3)CCO2)n1. The molecule has 1 atom stereocenters. The van der Waals surface area contributed by atoms with Crippen molar-refractivity contribution in [3.05, 3.63) is 52.9 Å². The van der Waals surface area contributed by atoms with Crippen molar-refractivity contribution in [3.63, 3.8) is 0 Å². The van der Waals surface area contributed by atoms with Crippen LogP contribution in [0.25, 0.3) is 10.8 Å². The molecule has 0 spiro atoms. The lowest BCUT2D eigenvalue weighted by atomic mass is 10.1. The van der Waals surface area contributed by atoms with Gasteiger partial charge in [-0.2, -0.15) is 5.10 Å². The Bertz CT molecular complexity index is 908. The van der Waals surface area contributed by atoms with Crippen LogP contribution in [-0.2, 0) is 11.3 Å². The van der Waals surface area contributed by atoms with Crippen molar-refractivity contribution in [3.8, 4) is 0 Å². The van der Waals surface area contributed by atoms with Gasteiger partial charge in [-0.05, 0) is 31.4 Å². The maximum absolute atomic E-state index is 6.39. The summed E-state index contributed by atoms with van der Waals surface area (Å²) in [6, 6.07) is 12.3. The van der Waals surface area contributed by atoms with Crippen molar-refractivity contribution in [1.82, 2.24) is 14.8 Å². The van der Waals surface area contributed by atoms with Gasteiger partial charge in [0.25, 0.3) is 0 Å². The number of hydrogen-bond donors (Lipinski definition) is 0. The van der Waals surface area contributed by atoms with Crippen LogP contribution >= 0.6 is 11.6 Å². The molecule has 25 heavy (non-hydrogen) atoms. The number of nitrogens with zero attached hydrogens (tertiary/aromatic N) is 4. The molecule has 1 aliphatic rings. The van der Waals surface area contributed by atoms with Crippen molar-refractivity contribution in [2.24, 2.45) is 0 Å². The van der Waals surface area contributed by atoms with E-state index in [2.05, 4.69) is 40.1 Å². The Hall–Kier alpha value is -2.11. The minimum absolute atomic E-state index is 0.0822. The van der Waals surface area contributed by atoms with Crippen LogP contribution in [0, 0.1) is 13.8 Å². The molecule has 1 saturated heterocycles. The van der Waals surface area contributed by atoms with Crippen LogP contribution in [0.3, 0.4) is 0 Å². The van der Waals surface area contributed by atoms with Gasteiger partial charge < -0.3 is 9.64 Å². The van der Waals surface area contributed by atoms with E-state index in [1.165, 1.54) is 0 Å². The minimum atomic E-state index is 0.0822. The fraction of sp³-hybridized carbons (Fsp3) is 0.368. The molecule has 4 rings (SSSR count). The first-order valence-corrected chi connectivity index (χ1v) is 8.91. The molecule has 0 N–H and O–H groups in total. The van der Waals surface area contributed by atoms with Gasteiger partial charge in [0, 0.05) is 24.2 Å². The maximum Gasteiger partial charge on any atom is 0.139 e. The molecule has 0 radical (unpaired) electrons. The number of ether oxygens (including phenoxy) is 1. The number of anilines is 1. The molecule has 0 saturated carbocycles. The van der Waals surface area contributed by atoms with Gasteiger partial charge in [-0.25, -0.2) is 4.98 Å². The second-order valence-corrected chi connectivity index (χ2v) is 6.90. The van der Waals surface area contributed by atoms with E-state index in [-0.39, 0.29) is 6.10 Å². The van der Waals surface area contributed by atoms with Gasteiger partial charge in [-0.3, -0.25) is 4.68 Å². The highest BCUT2D eigenvalue weighted by atomic mass is 35.5. The Balaban J connectivity index is 1.56. The van der Waals surface area contributed by atoms with Crippen molar-refractivity contribution < 1.29 is 4.74 Å². The predicted molar refractivity (Wildman–Crippen MR) is 100 cm³/mol. The summed E-state index contributed by atoms with van der Waals surface area (Å²) >= 11 is 6.39. The Morgan fingerprint density at radius 2 is 2.08 bits per heavy atom. The summed E-state index contributed by atoms with van der Waals surface area (Å²) in [5.74, 6) is 0.908. The predicted octanol–water partition coefficient (Wildman–Crippen LogP) is 3.61. The van der Waals surface area contributed by atoms with E-state index < -0.39 is 0 Å². The van der Waals surface area contributed by atoms with E-state index in [1.54, 1.807) is 0 Å². The largest absolute Gasteiger partial charge is 0.373 e. The van der Waals surface area contributed by atoms with E-state index in [0.29, 0.717) is 11.8 Å². The molecule has 0 amide bonds. The number of morpholine rings is 1. The lowest BCUT2D eigenvalue weighted by molar-refractivity contribution is 0.0268. The molecular weight excluding hydrogens is 336 g/mol. The number of benzene rings is 1. The van der Waals surface area contributed by atoms with Crippen molar-refractivity contribution in [2.45, 2.75) is 26.5 Å². The highest BCUT2D eigenvalue weighted by molar-refractivity contribution is 6.34. The first kappa shape index (κ1) is 16.4. The quantitative estimate of drug-likeness (QED) is 0.672. The second kappa shape index (κ2) is 6.65. The van der Waals surface area contributed by atoms with Crippen LogP contribution in [0.5, 0.6) is 0 Å². The molecule has 0 aliphatic carbocycles. The zero-order chi connectivity index (χ0) is 17.4. The second-order valence-electron chi connectivity index (χ2n) is 6.54. The van der Waals surface area contributed by atoms with Crippen LogP contribution in [0.15, 0.2) is 36.4 Å². The van der Waals surface area contributed by atoms with Crippen LogP contribution < -0.4 is 4.90 Å². The molecule has 130 valence electrons. The normalized spacial score (nSPS) is 18.0. The lowest BCUT2D eigenvalue weighted by Crippen LogP contribution is -2.44. The minimum Gasteiger partial charge on any atom is -0.373 e. The Labute approximate surface area is 152 Å². The molecule has 0 bridgehead atoms. The number of aromatic nitrogens is 3. The summed E-state index contributed by atoms with van der Waals surface area (Å²) in [6.45, 7) is 7.10. The molecule has 1 unspecified atom stereocenters. The lowest BCUT2D eigenvalue weighted by Gasteiger charge is -2.34. The Kier molecular flexibility index (Phi) is 4.36. The molecule has 6 heteroatoms. The van der Waals surface area contributed by atoms with Gasteiger partial charge in [0.15, 0.2) is 0 Å². The summed E-state index contributed by atoms with van der Waals surface area (Å²) < 4.78 is 7.97. The number of aryl methyl sites for hydroxylation is 2. The smallest absolute Gasteiger partial charge is 0.139 e. The average Bonchev–Trinajstić information content (AvgIpc) is 2.92. The van der Waals surface area contributed by atoms with Gasteiger partial charge >= 0.3 is 0 Å². The molecule has 3 heterocycles. The highest BCUT2D eigenvalue weighted by Gasteiger charge is 2.23. The summed E-state index contributed by atoms with van der Waals surface area (Å²) in [5, 5.41) is 7.19. The summed E-state index contributed by atoms with van der Waals surface area (Å²) in [6.07, 6.45) is 0.0822. The third kappa shape index (κ3) is 3.34. The summed E-state index contributed by atoms with van der Waals surface area (Å²) in [4.78, 5) is 6.85. The van der Waals surface area contributed by atoms with Gasteiger partial charge in [0.05, 0.1) is 24.9 Å². The zero-order valence-electron chi connectivity index (χ0n) is 14.4. The number of rotatable bonds is 3. The van der Waals surface area contributed by atoms with Gasteiger partial charge in [-0.15, -0.1) is 0 Å². The van der Waals surface area contributed by atoms with Gasteiger partial charge in [0.1, 0.15) is 11.0 Å². The van der Waals surface area contributed by atoms with Gasteiger partial charge in [-0.1, -0.05) is 35.9 Å². The van der Waals surface area contributed by atoms with E-state index in [4.69, 9.17) is 16.3 Å². The Morgan fingerprint density at radius 1 is 1.24 bits per heavy atom. The molecule has 5 nitrogen and oxygen atoms in total. The zero-order valence-corrected chi connectivity index (χ0v) is 15.2. The van der Waals surface area contributed by atoms with Crippen LogP contribution in [-0.4, -0.2) is 40.6 Å².